The molecule has 20 heavy (non-hydrogen) atoms. The quantitative estimate of drug-likeness (QED) is 0.871. The second-order valence-electron chi connectivity index (χ2n) is 4.42. The van der Waals surface area contributed by atoms with Gasteiger partial charge < -0.3 is 19.6 Å². The Bertz CT molecular complexity index is 567. The Morgan fingerprint density at radius 1 is 1.30 bits per heavy atom. The molecule has 2 N–H and O–H groups in total. The Hall–Kier alpha value is -2.08. The summed E-state index contributed by atoms with van der Waals surface area (Å²) in [6.07, 6.45) is 0.706. The Morgan fingerprint density at radius 2 is 2.05 bits per heavy atom. The molecule has 1 heterocycles. The first-order valence-electron chi connectivity index (χ1n) is 6.51. The lowest BCUT2D eigenvalue weighted by Gasteiger charge is -2.14. The van der Waals surface area contributed by atoms with Crippen molar-refractivity contribution in [2.75, 3.05) is 7.11 Å². The van der Waals surface area contributed by atoms with E-state index in [0.717, 1.165) is 5.56 Å². The normalized spacial score (nSPS) is 12.2. The van der Waals surface area contributed by atoms with Gasteiger partial charge in [-0.3, -0.25) is 0 Å². The number of ether oxygens (including phenoxy) is 2. The van der Waals surface area contributed by atoms with Crippen LogP contribution in [0.5, 0.6) is 11.5 Å². The Labute approximate surface area is 117 Å². The maximum atomic E-state index is 5.93. The molecule has 0 saturated carbocycles. The Kier molecular flexibility index (Phi) is 4.57. The van der Waals surface area contributed by atoms with Crippen LogP contribution < -0.4 is 15.2 Å². The molecule has 2 aromatic rings. The summed E-state index contributed by atoms with van der Waals surface area (Å²) in [7, 11) is 1.61. The van der Waals surface area contributed by atoms with E-state index in [-0.39, 0.29) is 12.6 Å². The summed E-state index contributed by atoms with van der Waals surface area (Å²) in [6, 6.07) is 5.41. The van der Waals surface area contributed by atoms with E-state index in [4.69, 9.17) is 19.6 Å². The molecule has 0 radical (unpaired) electrons. The van der Waals surface area contributed by atoms with Crippen LogP contribution in [0.15, 0.2) is 22.6 Å². The molecule has 1 aromatic heterocycles. The Balaban J connectivity index is 2.14. The topological polar surface area (TPSA) is 83.4 Å². The van der Waals surface area contributed by atoms with E-state index in [0.29, 0.717) is 29.7 Å². The van der Waals surface area contributed by atoms with E-state index < -0.39 is 0 Å². The van der Waals surface area contributed by atoms with Gasteiger partial charge in [0.15, 0.2) is 6.61 Å². The van der Waals surface area contributed by atoms with Crippen LogP contribution in [0.4, 0.5) is 0 Å². The van der Waals surface area contributed by atoms with Gasteiger partial charge >= 0.3 is 0 Å². The number of aryl methyl sites for hydroxylation is 1. The molecule has 0 spiro atoms. The standard InChI is InChI=1S/C14H19N3O3/c1-4-13-16-17-14(20-13)8-19-12-7-10(18-3)5-6-11(12)9(2)15/h5-7,9H,4,8,15H2,1-3H3. The molecule has 2 rings (SSSR count). The summed E-state index contributed by atoms with van der Waals surface area (Å²) in [6.45, 7) is 4.06. The average molecular weight is 277 g/mol. The second kappa shape index (κ2) is 6.38. The van der Waals surface area contributed by atoms with Gasteiger partial charge in [-0.15, -0.1) is 10.2 Å². The summed E-state index contributed by atoms with van der Waals surface area (Å²) in [5, 5.41) is 7.81. The number of rotatable bonds is 6. The fourth-order valence-electron chi connectivity index (χ4n) is 1.77. The van der Waals surface area contributed by atoms with Crippen LogP contribution in [-0.4, -0.2) is 17.3 Å². The maximum absolute atomic E-state index is 5.93. The first kappa shape index (κ1) is 14.3. The van der Waals surface area contributed by atoms with Crippen molar-refractivity contribution >= 4 is 0 Å². The van der Waals surface area contributed by atoms with Crippen LogP contribution in [0.2, 0.25) is 0 Å². The van der Waals surface area contributed by atoms with E-state index >= 15 is 0 Å². The molecule has 1 aromatic carbocycles. The third-order valence-corrected chi connectivity index (χ3v) is 2.87. The second-order valence-corrected chi connectivity index (χ2v) is 4.42. The van der Waals surface area contributed by atoms with Crippen molar-refractivity contribution in [3.8, 4) is 11.5 Å². The molecule has 108 valence electrons. The van der Waals surface area contributed by atoms with Gasteiger partial charge in [-0.25, -0.2) is 0 Å². The predicted octanol–water partition coefficient (Wildman–Crippen LogP) is 2.24. The molecule has 0 aliphatic heterocycles. The highest BCUT2D eigenvalue weighted by Crippen LogP contribution is 2.29. The van der Waals surface area contributed by atoms with Crippen LogP contribution in [0.1, 0.15) is 37.2 Å². The summed E-state index contributed by atoms with van der Waals surface area (Å²) < 4.78 is 16.3. The lowest BCUT2D eigenvalue weighted by molar-refractivity contribution is 0.255. The number of aromatic nitrogens is 2. The predicted molar refractivity (Wildman–Crippen MR) is 73.6 cm³/mol. The van der Waals surface area contributed by atoms with Gasteiger partial charge in [0, 0.05) is 24.1 Å². The van der Waals surface area contributed by atoms with E-state index in [1.165, 1.54) is 0 Å². The molecule has 6 nitrogen and oxygen atoms in total. The lowest BCUT2D eigenvalue weighted by Crippen LogP contribution is -2.08. The van der Waals surface area contributed by atoms with Crippen molar-refractivity contribution in [1.82, 2.24) is 10.2 Å². The van der Waals surface area contributed by atoms with Crippen molar-refractivity contribution in [2.45, 2.75) is 32.9 Å². The molecule has 0 saturated heterocycles. The van der Waals surface area contributed by atoms with Gasteiger partial charge in [0.2, 0.25) is 5.89 Å². The molecule has 0 amide bonds. The zero-order valence-electron chi connectivity index (χ0n) is 11.9. The number of nitrogens with zero attached hydrogens (tertiary/aromatic N) is 2. The number of benzene rings is 1. The van der Waals surface area contributed by atoms with E-state index in [2.05, 4.69) is 10.2 Å². The fourth-order valence-corrected chi connectivity index (χ4v) is 1.77. The highest BCUT2D eigenvalue weighted by atomic mass is 16.5. The van der Waals surface area contributed by atoms with E-state index in [1.54, 1.807) is 13.2 Å². The van der Waals surface area contributed by atoms with Crippen LogP contribution in [0.3, 0.4) is 0 Å². The molecular weight excluding hydrogens is 258 g/mol. The maximum Gasteiger partial charge on any atom is 0.253 e. The van der Waals surface area contributed by atoms with Gasteiger partial charge in [0.1, 0.15) is 11.5 Å². The summed E-state index contributed by atoms with van der Waals surface area (Å²) in [5.41, 5.74) is 6.83. The van der Waals surface area contributed by atoms with Crippen LogP contribution in [0, 0.1) is 0 Å². The van der Waals surface area contributed by atoms with Gasteiger partial charge in [0.05, 0.1) is 7.11 Å². The van der Waals surface area contributed by atoms with Crippen LogP contribution in [-0.2, 0) is 13.0 Å². The van der Waals surface area contributed by atoms with Crippen molar-refractivity contribution in [3.05, 3.63) is 35.5 Å². The molecule has 6 heteroatoms. The lowest BCUT2D eigenvalue weighted by atomic mass is 10.1. The van der Waals surface area contributed by atoms with Gasteiger partial charge in [-0.2, -0.15) is 0 Å². The first-order valence-corrected chi connectivity index (χ1v) is 6.51. The zero-order chi connectivity index (χ0) is 14.5. The highest BCUT2D eigenvalue weighted by Gasteiger charge is 2.12. The molecule has 1 unspecified atom stereocenters. The average Bonchev–Trinajstić information content (AvgIpc) is 2.92. The largest absolute Gasteiger partial charge is 0.497 e. The summed E-state index contributed by atoms with van der Waals surface area (Å²) in [4.78, 5) is 0. The van der Waals surface area contributed by atoms with Gasteiger partial charge in [0.25, 0.3) is 5.89 Å². The molecule has 0 bridgehead atoms. The first-order chi connectivity index (χ1) is 9.63. The van der Waals surface area contributed by atoms with Crippen molar-refractivity contribution in [1.29, 1.82) is 0 Å². The van der Waals surface area contributed by atoms with Crippen molar-refractivity contribution < 1.29 is 13.9 Å². The summed E-state index contributed by atoms with van der Waals surface area (Å²) >= 11 is 0. The van der Waals surface area contributed by atoms with E-state index in [1.807, 2.05) is 26.0 Å². The Morgan fingerprint density at radius 3 is 2.65 bits per heavy atom. The van der Waals surface area contributed by atoms with Crippen molar-refractivity contribution in [2.24, 2.45) is 5.73 Å². The molecule has 0 fully saturated rings. The monoisotopic (exact) mass is 277 g/mol. The number of nitrogens with two attached hydrogens (primary N) is 1. The number of hydrogen-bond donors (Lipinski definition) is 1. The molecular formula is C14H19N3O3. The summed E-state index contributed by atoms with van der Waals surface area (Å²) in [5.74, 6) is 2.42. The minimum absolute atomic E-state index is 0.134. The van der Waals surface area contributed by atoms with Crippen LogP contribution in [0.25, 0.3) is 0 Å². The third kappa shape index (κ3) is 3.27. The molecule has 1 atom stereocenters. The fraction of sp³-hybridized carbons (Fsp3) is 0.429. The minimum atomic E-state index is -0.134. The molecule has 0 aliphatic rings. The minimum Gasteiger partial charge on any atom is -0.497 e. The SMILES string of the molecule is CCc1nnc(COc2cc(OC)ccc2C(C)N)o1. The third-order valence-electron chi connectivity index (χ3n) is 2.87. The number of hydrogen-bond acceptors (Lipinski definition) is 6. The molecule has 0 aliphatic carbocycles. The smallest absolute Gasteiger partial charge is 0.253 e. The van der Waals surface area contributed by atoms with E-state index in [9.17, 15) is 0 Å². The highest BCUT2D eigenvalue weighted by molar-refractivity contribution is 5.42. The number of methoxy groups -OCH3 is 1. The van der Waals surface area contributed by atoms with Gasteiger partial charge in [-0.1, -0.05) is 13.0 Å². The van der Waals surface area contributed by atoms with Crippen LogP contribution >= 0.6 is 0 Å². The van der Waals surface area contributed by atoms with Gasteiger partial charge in [-0.05, 0) is 13.0 Å². The zero-order valence-corrected chi connectivity index (χ0v) is 11.9. The van der Waals surface area contributed by atoms with Crippen molar-refractivity contribution in [3.63, 3.8) is 0 Å².